The Labute approximate surface area is 140 Å². The Balaban J connectivity index is 2.12. The van der Waals surface area contributed by atoms with Gasteiger partial charge in [0.15, 0.2) is 15.6 Å². The average Bonchev–Trinajstić information content (AvgIpc) is 2.60. The molecule has 0 fully saturated rings. The first-order chi connectivity index (χ1) is 10.9. The van der Waals surface area contributed by atoms with Crippen LogP contribution in [-0.2, 0) is 9.84 Å². The number of carbonyl (C=O) groups excluding carboxylic acids is 1. The van der Waals surface area contributed by atoms with Crippen LogP contribution in [0.1, 0.15) is 27.9 Å². The van der Waals surface area contributed by atoms with Gasteiger partial charge >= 0.3 is 0 Å². The minimum absolute atomic E-state index is 0.0613. The number of allylic oxidation sites excluding steroid dienone is 1. The molecule has 0 unspecified atom stereocenters. The van der Waals surface area contributed by atoms with Crippen molar-refractivity contribution in [2.75, 3.05) is 5.75 Å². The van der Waals surface area contributed by atoms with Gasteiger partial charge in [-0.15, -0.1) is 0 Å². The maximum absolute atomic E-state index is 12.8. The van der Waals surface area contributed by atoms with E-state index >= 15 is 0 Å². The van der Waals surface area contributed by atoms with E-state index in [1.165, 1.54) is 6.07 Å². The monoisotopic (exact) mass is 346 g/mol. The van der Waals surface area contributed by atoms with E-state index in [-0.39, 0.29) is 28.4 Å². The predicted molar refractivity (Wildman–Crippen MR) is 91.6 cm³/mol. The van der Waals surface area contributed by atoms with Gasteiger partial charge in [-0.2, -0.15) is 0 Å². The van der Waals surface area contributed by atoms with Gasteiger partial charge in [-0.3, -0.25) is 4.79 Å². The molecule has 2 aromatic rings. The number of halogens is 1. The summed E-state index contributed by atoms with van der Waals surface area (Å²) in [6.45, 7) is 1.84. The highest BCUT2D eigenvalue weighted by atomic mass is 35.5. The van der Waals surface area contributed by atoms with Crippen LogP contribution in [0.4, 0.5) is 0 Å². The second-order valence-corrected chi connectivity index (χ2v) is 8.13. The topological polar surface area (TPSA) is 51.2 Å². The molecule has 0 bridgehead atoms. The van der Waals surface area contributed by atoms with Gasteiger partial charge in [-0.25, -0.2) is 8.42 Å². The highest BCUT2D eigenvalue weighted by molar-refractivity contribution is 7.91. The van der Waals surface area contributed by atoms with Crippen molar-refractivity contribution in [3.63, 3.8) is 0 Å². The molecule has 0 atom stereocenters. The Morgan fingerprint density at radius 1 is 1.09 bits per heavy atom. The van der Waals surface area contributed by atoms with Crippen LogP contribution in [0.2, 0.25) is 5.02 Å². The van der Waals surface area contributed by atoms with Crippen molar-refractivity contribution < 1.29 is 13.2 Å². The minimum atomic E-state index is -3.44. The number of fused-ring (bicyclic) bond motifs is 1. The summed E-state index contributed by atoms with van der Waals surface area (Å²) in [5.74, 6) is -0.284. The molecule has 2 aromatic carbocycles. The number of hydrogen-bond acceptors (Lipinski definition) is 3. The van der Waals surface area contributed by atoms with E-state index < -0.39 is 9.84 Å². The van der Waals surface area contributed by atoms with E-state index in [1.54, 1.807) is 42.5 Å². The third-order valence-electron chi connectivity index (χ3n) is 3.86. The van der Waals surface area contributed by atoms with E-state index in [4.69, 9.17) is 11.6 Å². The first kappa shape index (κ1) is 16.0. The Morgan fingerprint density at radius 2 is 1.78 bits per heavy atom. The molecular formula is C18H15ClO3S. The van der Waals surface area contributed by atoms with Crippen molar-refractivity contribution in [3.8, 4) is 0 Å². The van der Waals surface area contributed by atoms with E-state index in [1.807, 2.05) is 6.92 Å². The fourth-order valence-electron chi connectivity index (χ4n) is 2.63. The van der Waals surface area contributed by atoms with Crippen molar-refractivity contribution in [3.05, 3.63) is 69.8 Å². The average molecular weight is 347 g/mol. The molecule has 1 heterocycles. The lowest BCUT2D eigenvalue weighted by Crippen LogP contribution is -2.07. The zero-order valence-electron chi connectivity index (χ0n) is 12.5. The largest absolute Gasteiger partial charge is 0.289 e. The number of carbonyl (C=O) groups is 1. The van der Waals surface area contributed by atoms with Crippen LogP contribution in [0.15, 0.2) is 52.9 Å². The van der Waals surface area contributed by atoms with Gasteiger partial charge in [0.05, 0.1) is 10.6 Å². The summed E-state index contributed by atoms with van der Waals surface area (Å²) in [5, 5.41) is 0.614. The Hall–Kier alpha value is -1.91. The molecule has 1 aliphatic heterocycles. The van der Waals surface area contributed by atoms with Crippen LogP contribution in [0, 0.1) is 6.92 Å². The number of aryl methyl sites for hydroxylation is 1. The highest BCUT2D eigenvalue weighted by Gasteiger charge is 2.29. The lowest BCUT2D eigenvalue weighted by atomic mass is 9.98. The van der Waals surface area contributed by atoms with Gasteiger partial charge in [-0.1, -0.05) is 35.4 Å². The summed E-state index contributed by atoms with van der Waals surface area (Å²) in [6.07, 6.45) is 1.95. The number of sulfone groups is 1. The van der Waals surface area contributed by atoms with Crippen molar-refractivity contribution >= 4 is 33.3 Å². The molecule has 0 aromatic heterocycles. The molecule has 0 amide bonds. The molecule has 0 N–H and O–H groups in total. The first-order valence-corrected chi connectivity index (χ1v) is 9.24. The van der Waals surface area contributed by atoms with Crippen molar-refractivity contribution in [1.82, 2.24) is 0 Å². The Morgan fingerprint density at radius 3 is 2.48 bits per heavy atom. The summed E-state index contributed by atoms with van der Waals surface area (Å²) >= 11 is 5.86. The fourth-order valence-corrected chi connectivity index (χ4v) is 4.23. The number of rotatable bonds is 1. The van der Waals surface area contributed by atoms with Gasteiger partial charge in [0, 0.05) is 16.2 Å². The normalized spacial score (nSPS) is 18.5. The van der Waals surface area contributed by atoms with Crippen LogP contribution < -0.4 is 0 Å². The SMILES string of the molecule is Cc1ccc2c(c1)C(=O)/C(=C/c1ccc(Cl)cc1)CCS2(=O)=O. The van der Waals surface area contributed by atoms with Gasteiger partial charge in [-0.05, 0) is 49.2 Å². The molecular weight excluding hydrogens is 332 g/mol. The zero-order chi connectivity index (χ0) is 16.6. The van der Waals surface area contributed by atoms with Crippen LogP contribution in [0.25, 0.3) is 6.08 Å². The summed E-state index contributed by atoms with van der Waals surface area (Å²) in [5.41, 5.74) is 2.45. The smallest absolute Gasteiger partial charge is 0.190 e. The van der Waals surface area contributed by atoms with E-state index in [0.717, 1.165) is 11.1 Å². The fraction of sp³-hybridized carbons (Fsp3) is 0.167. The van der Waals surface area contributed by atoms with Crippen molar-refractivity contribution in [1.29, 1.82) is 0 Å². The second-order valence-electron chi connectivity index (χ2n) is 5.62. The standard InChI is InChI=1S/C18H15ClO3S/c1-12-2-7-17-16(10-12)18(20)14(8-9-23(17,21)22)11-13-3-5-15(19)6-4-13/h2-7,10-11H,8-9H2,1H3/b14-11+. The molecule has 0 radical (unpaired) electrons. The molecule has 0 aliphatic carbocycles. The third kappa shape index (κ3) is 3.23. The summed E-state index contributed by atoms with van der Waals surface area (Å²) in [4.78, 5) is 12.9. The van der Waals surface area contributed by atoms with Crippen LogP contribution in [0.3, 0.4) is 0 Å². The lowest BCUT2D eigenvalue weighted by Gasteiger charge is -2.06. The van der Waals surface area contributed by atoms with E-state index in [0.29, 0.717) is 10.6 Å². The quantitative estimate of drug-likeness (QED) is 0.731. The van der Waals surface area contributed by atoms with E-state index in [9.17, 15) is 13.2 Å². The molecule has 5 heteroatoms. The van der Waals surface area contributed by atoms with Gasteiger partial charge in [0.25, 0.3) is 0 Å². The van der Waals surface area contributed by atoms with Crippen molar-refractivity contribution in [2.45, 2.75) is 18.2 Å². The summed E-state index contributed by atoms with van der Waals surface area (Å²) in [6, 6.07) is 12.0. The summed E-state index contributed by atoms with van der Waals surface area (Å²) in [7, 11) is -3.44. The third-order valence-corrected chi connectivity index (χ3v) is 5.88. The van der Waals surface area contributed by atoms with Gasteiger partial charge in [0.1, 0.15) is 0 Å². The summed E-state index contributed by atoms with van der Waals surface area (Å²) < 4.78 is 24.8. The highest BCUT2D eigenvalue weighted by Crippen LogP contribution is 2.29. The maximum atomic E-state index is 12.8. The number of hydrogen-bond donors (Lipinski definition) is 0. The van der Waals surface area contributed by atoms with Gasteiger partial charge < -0.3 is 0 Å². The number of Topliss-reactive ketones (excluding diaryl/α,β-unsaturated/α-hetero) is 1. The van der Waals surface area contributed by atoms with E-state index in [2.05, 4.69) is 0 Å². The predicted octanol–water partition coefficient (Wildman–Crippen LogP) is 4.09. The van der Waals surface area contributed by atoms with Crippen LogP contribution >= 0.6 is 11.6 Å². The zero-order valence-corrected chi connectivity index (χ0v) is 14.1. The Kier molecular flexibility index (Phi) is 4.13. The first-order valence-electron chi connectivity index (χ1n) is 7.21. The lowest BCUT2D eigenvalue weighted by molar-refractivity contribution is 0.103. The molecule has 3 rings (SSSR count). The van der Waals surface area contributed by atoms with Crippen LogP contribution in [-0.4, -0.2) is 20.0 Å². The maximum Gasteiger partial charge on any atom is 0.190 e. The number of benzene rings is 2. The molecule has 1 aliphatic rings. The molecule has 0 saturated heterocycles. The Bertz CT molecular complexity index is 910. The second kappa shape index (κ2) is 5.95. The molecule has 118 valence electrons. The molecule has 0 spiro atoms. The molecule has 0 saturated carbocycles. The van der Waals surface area contributed by atoms with Crippen molar-refractivity contribution in [2.24, 2.45) is 0 Å². The van der Waals surface area contributed by atoms with Gasteiger partial charge in [0.2, 0.25) is 0 Å². The molecule has 3 nitrogen and oxygen atoms in total. The van der Waals surface area contributed by atoms with Crippen LogP contribution in [0.5, 0.6) is 0 Å². The number of ketones is 1. The minimum Gasteiger partial charge on any atom is -0.289 e. The molecule has 23 heavy (non-hydrogen) atoms.